The summed E-state index contributed by atoms with van der Waals surface area (Å²) in [6.07, 6.45) is 0. The number of hydrogen-bond acceptors (Lipinski definition) is 5. The Bertz CT molecular complexity index is 531. The van der Waals surface area contributed by atoms with Crippen LogP contribution in [0.5, 0.6) is 0 Å². The van der Waals surface area contributed by atoms with E-state index in [0.717, 1.165) is 4.68 Å². The molecule has 7 heteroatoms. The van der Waals surface area contributed by atoms with Gasteiger partial charge in [-0.1, -0.05) is 11.6 Å². The van der Waals surface area contributed by atoms with Gasteiger partial charge in [0.1, 0.15) is 10.6 Å². The second-order valence-corrected chi connectivity index (χ2v) is 4.08. The highest BCUT2D eigenvalue weighted by Crippen LogP contribution is 2.29. The van der Waals surface area contributed by atoms with Crippen LogP contribution in [0.1, 0.15) is 0 Å². The molecule has 0 amide bonds. The van der Waals surface area contributed by atoms with Crippen LogP contribution >= 0.6 is 22.9 Å². The van der Waals surface area contributed by atoms with Crippen molar-refractivity contribution in [1.82, 2.24) is 9.66 Å². The van der Waals surface area contributed by atoms with Gasteiger partial charge in [0.05, 0.1) is 9.72 Å². The molecule has 0 saturated heterocycles. The first-order chi connectivity index (χ1) is 6.09. The lowest BCUT2D eigenvalue weighted by molar-refractivity contribution is 0.908. The summed E-state index contributed by atoms with van der Waals surface area (Å²) < 4.78 is 1.32. The van der Waals surface area contributed by atoms with Crippen LogP contribution in [0.15, 0.2) is 10.9 Å². The predicted molar refractivity (Wildman–Crippen MR) is 53.5 cm³/mol. The van der Waals surface area contributed by atoms with Crippen molar-refractivity contribution in [2.75, 3.05) is 11.6 Å². The molecule has 0 aliphatic carbocycles. The molecule has 2 aromatic rings. The second kappa shape index (κ2) is 2.61. The van der Waals surface area contributed by atoms with Crippen molar-refractivity contribution in [2.45, 2.75) is 0 Å². The van der Waals surface area contributed by atoms with E-state index in [2.05, 4.69) is 4.98 Å². The van der Waals surface area contributed by atoms with Gasteiger partial charge in [0.2, 0.25) is 0 Å². The highest BCUT2D eigenvalue weighted by Gasteiger charge is 2.09. The Morgan fingerprint density at radius 3 is 3.00 bits per heavy atom. The molecule has 0 aliphatic heterocycles. The number of hydrogen-bond donors (Lipinski definition) is 2. The van der Waals surface area contributed by atoms with Crippen molar-refractivity contribution in [3.05, 3.63) is 20.9 Å². The third-order valence-electron chi connectivity index (χ3n) is 1.62. The van der Waals surface area contributed by atoms with Gasteiger partial charge in [0, 0.05) is 0 Å². The minimum absolute atomic E-state index is 0.179. The Labute approximate surface area is 81.5 Å². The monoisotopic (exact) mass is 216 g/mol. The number of anilines is 1. The molecule has 2 aromatic heterocycles. The fourth-order valence-corrected chi connectivity index (χ4v) is 2.08. The zero-order valence-corrected chi connectivity index (χ0v) is 7.89. The maximum atomic E-state index is 11.1. The fraction of sp³-hybridized carbons (Fsp3) is 0. The quantitative estimate of drug-likeness (QED) is 0.625. The van der Waals surface area contributed by atoms with Crippen molar-refractivity contribution < 1.29 is 0 Å². The molecule has 13 heavy (non-hydrogen) atoms. The van der Waals surface area contributed by atoms with Crippen molar-refractivity contribution >= 4 is 39.0 Å². The van der Waals surface area contributed by atoms with Crippen LogP contribution in [0.3, 0.4) is 0 Å². The standard InChI is InChI=1S/C6H5ClN4OS/c7-3-1-2-4(8)11(9)6(12)10-5(2)13-3/h1H,8-9H2. The van der Waals surface area contributed by atoms with E-state index >= 15 is 0 Å². The van der Waals surface area contributed by atoms with Crippen molar-refractivity contribution in [3.63, 3.8) is 0 Å². The molecule has 5 nitrogen and oxygen atoms in total. The number of halogens is 1. The molecule has 0 unspecified atom stereocenters. The zero-order valence-electron chi connectivity index (χ0n) is 6.32. The smallest absolute Gasteiger partial charge is 0.369 e. The average Bonchev–Trinajstić information content (AvgIpc) is 2.42. The van der Waals surface area contributed by atoms with Crippen LogP contribution in [-0.2, 0) is 0 Å². The number of nitrogens with two attached hydrogens (primary N) is 2. The molecule has 0 saturated carbocycles. The lowest BCUT2D eigenvalue weighted by Gasteiger charge is -2.00. The number of nitrogens with zero attached hydrogens (tertiary/aromatic N) is 2. The van der Waals surface area contributed by atoms with Gasteiger partial charge in [-0.2, -0.15) is 9.66 Å². The SMILES string of the molecule is Nc1c2cc(Cl)sc2nc(=O)n1N. The predicted octanol–water partition coefficient (Wildman–Crippen LogP) is 0.407. The van der Waals surface area contributed by atoms with E-state index in [1.807, 2.05) is 0 Å². The zero-order chi connectivity index (χ0) is 9.59. The van der Waals surface area contributed by atoms with E-state index in [0.29, 0.717) is 14.6 Å². The first-order valence-corrected chi connectivity index (χ1v) is 4.51. The van der Waals surface area contributed by atoms with E-state index in [9.17, 15) is 4.79 Å². The van der Waals surface area contributed by atoms with Crippen molar-refractivity contribution in [1.29, 1.82) is 0 Å². The van der Waals surface area contributed by atoms with E-state index in [4.69, 9.17) is 23.2 Å². The molecular weight excluding hydrogens is 212 g/mol. The Kier molecular flexibility index (Phi) is 1.67. The van der Waals surface area contributed by atoms with Crippen LogP contribution in [-0.4, -0.2) is 9.66 Å². The summed E-state index contributed by atoms with van der Waals surface area (Å²) in [5.41, 5.74) is 5.00. The highest BCUT2D eigenvalue weighted by atomic mass is 35.5. The lowest BCUT2D eigenvalue weighted by atomic mass is 10.4. The molecule has 0 fully saturated rings. The molecule has 0 radical (unpaired) electrons. The number of fused-ring (bicyclic) bond motifs is 1. The summed E-state index contributed by atoms with van der Waals surface area (Å²) in [6.45, 7) is 0. The molecule has 0 spiro atoms. The van der Waals surface area contributed by atoms with E-state index in [-0.39, 0.29) is 5.82 Å². The number of rotatable bonds is 0. The summed E-state index contributed by atoms with van der Waals surface area (Å²) in [5, 5.41) is 0.608. The van der Waals surface area contributed by atoms with Gasteiger partial charge in [0.25, 0.3) is 0 Å². The third-order valence-corrected chi connectivity index (χ3v) is 2.78. The first-order valence-electron chi connectivity index (χ1n) is 3.32. The summed E-state index contributed by atoms with van der Waals surface area (Å²) >= 11 is 6.93. The largest absolute Gasteiger partial charge is 0.383 e. The summed E-state index contributed by atoms with van der Waals surface area (Å²) in [5.74, 6) is 5.51. The summed E-state index contributed by atoms with van der Waals surface area (Å²) in [4.78, 5) is 15.3. The molecule has 0 bridgehead atoms. The summed E-state index contributed by atoms with van der Waals surface area (Å²) in [6, 6.07) is 1.63. The van der Waals surface area contributed by atoms with Crippen molar-refractivity contribution in [2.24, 2.45) is 0 Å². The molecule has 2 rings (SSSR count). The average molecular weight is 217 g/mol. The molecule has 2 heterocycles. The molecule has 68 valence electrons. The van der Waals surface area contributed by atoms with Crippen molar-refractivity contribution in [3.8, 4) is 0 Å². The van der Waals surface area contributed by atoms with E-state index in [1.54, 1.807) is 6.07 Å². The highest BCUT2D eigenvalue weighted by molar-refractivity contribution is 7.22. The van der Waals surface area contributed by atoms with E-state index < -0.39 is 5.69 Å². The fourth-order valence-electron chi connectivity index (χ4n) is 0.992. The van der Waals surface area contributed by atoms with Crippen LogP contribution < -0.4 is 17.3 Å². The Morgan fingerprint density at radius 2 is 2.31 bits per heavy atom. The third kappa shape index (κ3) is 1.14. The minimum atomic E-state index is -0.580. The second-order valence-electron chi connectivity index (χ2n) is 2.42. The Hall–Kier alpha value is -1.27. The maximum Gasteiger partial charge on any atom is 0.369 e. The lowest BCUT2D eigenvalue weighted by Crippen LogP contribution is -2.31. The molecule has 0 aromatic carbocycles. The Morgan fingerprint density at radius 1 is 1.62 bits per heavy atom. The number of thiophene rings is 1. The van der Waals surface area contributed by atoms with E-state index in [1.165, 1.54) is 11.3 Å². The van der Waals surface area contributed by atoms with Gasteiger partial charge >= 0.3 is 5.69 Å². The van der Waals surface area contributed by atoms with Gasteiger partial charge in [-0.05, 0) is 6.07 Å². The summed E-state index contributed by atoms with van der Waals surface area (Å²) in [7, 11) is 0. The van der Waals surface area contributed by atoms with Crippen LogP contribution in [0, 0.1) is 0 Å². The van der Waals surface area contributed by atoms with Gasteiger partial charge in [-0.15, -0.1) is 11.3 Å². The van der Waals surface area contributed by atoms with Crippen LogP contribution in [0.4, 0.5) is 5.82 Å². The molecule has 0 aliphatic rings. The Balaban J connectivity index is 3.01. The molecule has 4 N–H and O–H groups in total. The normalized spacial score (nSPS) is 10.8. The minimum Gasteiger partial charge on any atom is -0.383 e. The topological polar surface area (TPSA) is 86.9 Å². The first kappa shape index (κ1) is 8.33. The van der Waals surface area contributed by atoms with Gasteiger partial charge in [-0.25, -0.2) is 4.79 Å². The molecule has 0 atom stereocenters. The van der Waals surface area contributed by atoms with Gasteiger partial charge < -0.3 is 11.6 Å². The maximum absolute atomic E-state index is 11.1. The number of aromatic nitrogens is 2. The van der Waals surface area contributed by atoms with Gasteiger partial charge in [-0.3, -0.25) is 0 Å². The van der Waals surface area contributed by atoms with Gasteiger partial charge in [0.15, 0.2) is 0 Å². The van der Waals surface area contributed by atoms with Crippen LogP contribution in [0.2, 0.25) is 4.34 Å². The van der Waals surface area contributed by atoms with Crippen LogP contribution in [0.25, 0.3) is 10.2 Å². The number of nitrogen functional groups attached to an aromatic ring is 2. The molecular formula is C6H5ClN4OS.